The third-order valence-electron chi connectivity index (χ3n) is 8.60. The summed E-state index contributed by atoms with van der Waals surface area (Å²) in [6.45, 7) is 3.08. The number of halogens is 1. The largest absolute Gasteiger partial charge is 0.390 e. The first-order valence-electron chi connectivity index (χ1n) is 10.3. The molecule has 31 heavy (non-hydrogen) atoms. The van der Waals surface area contributed by atoms with Gasteiger partial charge in [0.15, 0.2) is 22.4 Å². The van der Waals surface area contributed by atoms with Gasteiger partial charge in [-0.1, -0.05) is 18.6 Å². The Morgan fingerprint density at radius 2 is 1.97 bits per heavy atom. The molecule has 4 aliphatic carbocycles. The first-order valence-corrected chi connectivity index (χ1v) is 10.3. The van der Waals surface area contributed by atoms with E-state index in [4.69, 9.17) is 0 Å². The Hall–Kier alpha value is -2.01. The fourth-order valence-electron chi connectivity index (χ4n) is 6.95. The minimum atomic E-state index is -2.58. The number of Topliss-reactive ketones (excluding diaryl/α,β-unsaturated/α-hetero) is 1. The fourth-order valence-corrected chi connectivity index (χ4v) is 6.95. The van der Waals surface area contributed by atoms with E-state index in [0.717, 1.165) is 0 Å². The zero-order valence-corrected chi connectivity index (χ0v) is 17.2. The summed E-state index contributed by atoms with van der Waals surface area (Å²) >= 11 is 0. The minimum absolute atomic E-state index is 0.152. The number of nitrogens with zero attached hydrogens (tertiary/aromatic N) is 1. The Balaban J connectivity index is 1.79. The van der Waals surface area contributed by atoms with Crippen LogP contribution in [0.3, 0.4) is 0 Å². The molecule has 0 amide bonds. The molecular formula is C21H26FNO8. The molecule has 3 fully saturated rings. The van der Waals surface area contributed by atoms with E-state index in [2.05, 4.69) is 4.84 Å². The zero-order valence-electron chi connectivity index (χ0n) is 17.2. The van der Waals surface area contributed by atoms with Crippen molar-refractivity contribution in [2.75, 3.05) is 0 Å². The smallest absolute Gasteiger partial charge is 0.290 e. The molecule has 4 rings (SSSR count). The molecule has 0 spiro atoms. The Morgan fingerprint density at radius 1 is 1.29 bits per heavy atom. The Kier molecular flexibility index (Phi) is 4.83. The lowest BCUT2D eigenvalue weighted by molar-refractivity contribution is -0.231. The highest BCUT2D eigenvalue weighted by atomic mass is 19.1. The Labute approximate surface area is 177 Å². The summed E-state index contributed by atoms with van der Waals surface area (Å²) in [4.78, 5) is 39.0. The summed E-state index contributed by atoms with van der Waals surface area (Å²) in [5.41, 5.74) is -6.98. The highest BCUT2D eigenvalue weighted by molar-refractivity contribution is 6.01. The van der Waals surface area contributed by atoms with Crippen molar-refractivity contribution >= 4 is 11.6 Å². The van der Waals surface area contributed by atoms with Crippen LogP contribution >= 0.6 is 0 Å². The van der Waals surface area contributed by atoms with Crippen molar-refractivity contribution in [2.24, 2.45) is 28.0 Å². The average molecular weight is 439 g/mol. The second kappa shape index (κ2) is 6.74. The molecule has 0 bridgehead atoms. The molecule has 0 aromatic rings. The molecule has 9 atom stereocenters. The third kappa shape index (κ3) is 2.50. The van der Waals surface area contributed by atoms with Gasteiger partial charge in [0, 0.05) is 16.7 Å². The van der Waals surface area contributed by atoms with Crippen LogP contribution in [0, 0.1) is 27.6 Å². The average Bonchev–Trinajstić information content (AvgIpc) is 2.91. The lowest BCUT2D eigenvalue weighted by Crippen LogP contribution is -2.70. The number of aliphatic hydroxyl groups is 4. The number of hydrogen-bond acceptors (Lipinski definition) is 9. The van der Waals surface area contributed by atoms with Crippen molar-refractivity contribution < 1.29 is 39.2 Å². The number of rotatable bonds is 4. The summed E-state index contributed by atoms with van der Waals surface area (Å²) in [6.07, 6.45) is -1.52. The van der Waals surface area contributed by atoms with Gasteiger partial charge in [-0.2, -0.15) is 0 Å². The molecule has 170 valence electrons. The number of aliphatic hydroxyl groups excluding tert-OH is 3. The second-order valence-corrected chi connectivity index (χ2v) is 9.68. The first kappa shape index (κ1) is 22.2. The normalized spacial score (nSPS) is 49.4. The number of fused-ring (bicyclic) bond motifs is 5. The van der Waals surface area contributed by atoms with Crippen molar-refractivity contribution in [3.8, 4) is 0 Å². The van der Waals surface area contributed by atoms with Crippen LogP contribution in [0.15, 0.2) is 29.1 Å². The maximum absolute atomic E-state index is 16.9. The highest BCUT2D eigenvalue weighted by Gasteiger charge is 2.76. The number of hydrogen-bond donors (Lipinski definition) is 4. The van der Waals surface area contributed by atoms with E-state index in [1.54, 1.807) is 6.92 Å². The predicted octanol–water partition coefficient (Wildman–Crippen LogP) is 0.645. The molecule has 2 unspecified atom stereocenters. The SMILES string of the molecule is C[C@]12C[C@H](O)[C@@]3(F)[C@@H](CCC4=CC(=O)C=C[C@@]43C)[C@@H]1C[C@@H](O)C2(O)C(=O)C(O)ON=O. The van der Waals surface area contributed by atoms with Gasteiger partial charge in [-0.05, 0) is 50.7 Å². The van der Waals surface area contributed by atoms with Gasteiger partial charge in [0.05, 0.1) is 12.2 Å². The van der Waals surface area contributed by atoms with Gasteiger partial charge in [0.25, 0.3) is 6.29 Å². The summed E-state index contributed by atoms with van der Waals surface area (Å²) in [5, 5.41) is 44.9. The second-order valence-electron chi connectivity index (χ2n) is 9.68. The van der Waals surface area contributed by atoms with Crippen LogP contribution in [-0.4, -0.2) is 61.8 Å². The molecule has 0 aliphatic heterocycles. The van der Waals surface area contributed by atoms with Crippen LogP contribution in [0.5, 0.6) is 0 Å². The molecule has 3 saturated carbocycles. The summed E-state index contributed by atoms with van der Waals surface area (Å²) < 4.78 is 16.9. The highest BCUT2D eigenvalue weighted by Crippen LogP contribution is 2.69. The Bertz CT molecular complexity index is 906. The van der Waals surface area contributed by atoms with Crippen molar-refractivity contribution in [3.05, 3.63) is 28.7 Å². The predicted molar refractivity (Wildman–Crippen MR) is 103 cm³/mol. The van der Waals surface area contributed by atoms with Crippen LogP contribution < -0.4 is 0 Å². The Morgan fingerprint density at radius 3 is 2.61 bits per heavy atom. The maximum Gasteiger partial charge on any atom is 0.290 e. The molecule has 4 N–H and O–H groups in total. The van der Waals surface area contributed by atoms with E-state index < -0.39 is 64.6 Å². The first-order chi connectivity index (χ1) is 14.4. The van der Waals surface area contributed by atoms with Crippen molar-refractivity contribution in [1.82, 2.24) is 0 Å². The van der Waals surface area contributed by atoms with Gasteiger partial charge >= 0.3 is 0 Å². The van der Waals surface area contributed by atoms with Gasteiger partial charge in [-0.15, -0.1) is 4.91 Å². The van der Waals surface area contributed by atoms with E-state index in [1.807, 2.05) is 5.34 Å². The topological polar surface area (TPSA) is 154 Å². The zero-order chi connectivity index (χ0) is 23.0. The standard InChI is InChI=1S/C21H26FNO8/c1-18-6-5-11(24)7-10(18)3-4-12-13-8-14(25)21(29,16(27)17(28)31-23-30)19(13,2)9-15(26)20(12,18)22/h5-7,12-15,17,25-26,28-29H,3-4,8-9H2,1-2H3/t12-,13-,14+,15-,17?,18-,19-,20-,21?/m0/s1. The summed E-state index contributed by atoms with van der Waals surface area (Å²) in [6, 6.07) is 0. The quantitative estimate of drug-likeness (QED) is 0.283. The molecular weight excluding hydrogens is 413 g/mol. The molecule has 0 aromatic carbocycles. The molecule has 10 heteroatoms. The van der Waals surface area contributed by atoms with Crippen molar-refractivity contribution in [3.63, 3.8) is 0 Å². The number of allylic oxidation sites excluding steroid dienone is 4. The monoisotopic (exact) mass is 439 g/mol. The minimum Gasteiger partial charge on any atom is -0.390 e. The van der Waals surface area contributed by atoms with E-state index in [0.29, 0.717) is 12.0 Å². The van der Waals surface area contributed by atoms with E-state index in [-0.39, 0.29) is 18.6 Å². The van der Waals surface area contributed by atoms with Crippen LogP contribution in [-0.2, 0) is 14.4 Å². The van der Waals surface area contributed by atoms with Crippen LogP contribution in [0.1, 0.15) is 39.5 Å². The number of carbonyl (C=O) groups is 2. The molecule has 0 aromatic heterocycles. The molecule has 9 nitrogen and oxygen atoms in total. The van der Waals surface area contributed by atoms with Gasteiger partial charge in [0.2, 0.25) is 5.78 Å². The lowest BCUT2D eigenvalue weighted by Gasteiger charge is -2.62. The van der Waals surface area contributed by atoms with Crippen LogP contribution in [0.25, 0.3) is 0 Å². The fraction of sp³-hybridized carbons (Fsp3) is 0.714. The summed E-state index contributed by atoms with van der Waals surface area (Å²) in [5.74, 6) is -3.20. The van der Waals surface area contributed by atoms with Gasteiger partial charge < -0.3 is 25.3 Å². The molecule has 4 aliphatic rings. The number of carbonyl (C=O) groups excluding carboxylic acids is 2. The number of alkyl halides is 1. The van der Waals surface area contributed by atoms with Gasteiger partial charge in [0.1, 0.15) is 0 Å². The number of ketones is 2. The van der Waals surface area contributed by atoms with Crippen molar-refractivity contribution in [1.29, 1.82) is 0 Å². The van der Waals surface area contributed by atoms with Gasteiger partial charge in [-0.3, -0.25) is 9.59 Å². The van der Waals surface area contributed by atoms with E-state index in [9.17, 15) is 34.9 Å². The van der Waals surface area contributed by atoms with Gasteiger partial charge in [-0.25, -0.2) is 4.39 Å². The van der Waals surface area contributed by atoms with Crippen molar-refractivity contribution in [2.45, 2.75) is 69.3 Å². The molecule has 0 saturated heterocycles. The molecule has 0 heterocycles. The van der Waals surface area contributed by atoms with E-state index in [1.165, 1.54) is 25.2 Å². The summed E-state index contributed by atoms with van der Waals surface area (Å²) in [7, 11) is 0. The molecule has 0 radical (unpaired) electrons. The maximum atomic E-state index is 16.9. The van der Waals surface area contributed by atoms with Crippen LogP contribution in [0.4, 0.5) is 4.39 Å². The third-order valence-corrected chi connectivity index (χ3v) is 8.60. The van der Waals surface area contributed by atoms with E-state index >= 15 is 4.39 Å². The van der Waals surface area contributed by atoms with Crippen LogP contribution in [0.2, 0.25) is 0 Å². The lowest BCUT2D eigenvalue weighted by atomic mass is 9.44.